The summed E-state index contributed by atoms with van der Waals surface area (Å²) in [5.41, 5.74) is 7.02. The maximum Gasteiger partial charge on any atom is 0.361 e. The van der Waals surface area contributed by atoms with Gasteiger partial charge in [-0.15, -0.1) is 0 Å². The normalized spacial score (nSPS) is 12.2. The van der Waals surface area contributed by atoms with Crippen molar-refractivity contribution in [2.75, 3.05) is 13.2 Å². The molecule has 0 aliphatic carbocycles. The Labute approximate surface area is 394 Å². The van der Waals surface area contributed by atoms with Crippen molar-refractivity contribution in [1.82, 2.24) is 40.8 Å². The molecule has 2 aromatic carbocycles. The van der Waals surface area contributed by atoms with Crippen LogP contribution in [0.5, 0.6) is 0 Å². The molecular formula is C36H30Cl10N10O4. The van der Waals surface area contributed by atoms with E-state index in [-0.39, 0.29) is 68.7 Å². The first kappa shape index (κ1) is 50.8. The fraction of sp³-hybridized carbons (Fsp3) is 0.222. The molecule has 2 N–H and O–H groups in total. The van der Waals surface area contributed by atoms with Crippen LogP contribution in [0.4, 0.5) is 0 Å². The number of hydrogen-bond acceptors (Lipinski definition) is 14. The van der Waals surface area contributed by atoms with E-state index in [1.165, 1.54) is 24.8 Å². The first-order chi connectivity index (χ1) is 28.4. The Morgan fingerprint density at radius 3 is 1.25 bits per heavy atom. The molecule has 0 fully saturated rings. The maximum atomic E-state index is 12.2. The van der Waals surface area contributed by atoms with E-state index in [4.69, 9.17) is 125 Å². The quantitative estimate of drug-likeness (QED) is 0.0687. The number of aromatic nitrogens is 6. The Morgan fingerprint density at radius 1 is 0.583 bits per heavy atom. The van der Waals surface area contributed by atoms with Gasteiger partial charge >= 0.3 is 11.9 Å². The number of hydrazone groups is 2. The van der Waals surface area contributed by atoms with Crippen LogP contribution < -0.4 is 10.9 Å². The van der Waals surface area contributed by atoms with Crippen LogP contribution >= 0.6 is 116 Å². The largest absolute Gasteiger partial charge is 0.461 e. The lowest BCUT2D eigenvalue weighted by molar-refractivity contribution is -0.135. The molecule has 14 nitrogen and oxygen atoms in total. The molecule has 5 rings (SSSR count). The van der Waals surface area contributed by atoms with Crippen molar-refractivity contribution in [3.05, 3.63) is 135 Å². The Bertz CT molecular complexity index is 2190. The van der Waals surface area contributed by atoms with Gasteiger partial charge in [0.15, 0.2) is 21.7 Å². The molecule has 3 heterocycles. The number of nitrogens with one attached hydrogen (secondary N) is 2. The average molecular weight is 1020 g/mol. The van der Waals surface area contributed by atoms with E-state index in [0.717, 1.165) is 11.1 Å². The standard InChI is InChI=1S/2C16H14Cl4N4O2.C4H2Cl2N2/c2*1-3-26-16(25)14(13-15(20)22-12(19)7-21-13)24-23-8(2)10-5-4-9(17)6-11(10)18;5-3-1-7-2-4(6)8-3/h2*4-8,23H,3H2,1-2H3;1-2H/b24-14+;24-14-;. The van der Waals surface area contributed by atoms with Gasteiger partial charge in [0.1, 0.15) is 32.0 Å². The van der Waals surface area contributed by atoms with Crippen molar-refractivity contribution in [2.24, 2.45) is 10.2 Å². The predicted molar refractivity (Wildman–Crippen MR) is 239 cm³/mol. The zero-order valence-corrected chi connectivity index (χ0v) is 38.9. The molecule has 0 spiro atoms. The summed E-state index contributed by atoms with van der Waals surface area (Å²) in [6.07, 6.45) is 5.37. The summed E-state index contributed by atoms with van der Waals surface area (Å²) in [7, 11) is 0. The van der Waals surface area contributed by atoms with E-state index in [9.17, 15) is 9.59 Å². The second-order valence-corrected chi connectivity index (χ2v) is 15.2. The Kier molecular flexibility index (Phi) is 21.5. The lowest BCUT2D eigenvalue weighted by Gasteiger charge is -2.15. The first-order valence-corrected chi connectivity index (χ1v) is 20.6. The number of carbonyl (C=O) groups is 2. The lowest BCUT2D eigenvalue weighted by atomic mass is 10.1. The van der Waals surface area contributed by atoms with E-state index >= 15 is 0 Å². The molecular weight excluding hydrogens is 991 g/mol. The molecule has 0 saturated carbocycles. The summed E-state index contributed by atoms with van der Waals surface area (Å²) in [5, 5.41) is 10.9. The van der Waals surface area contributed by atoms with Gasteiger partial charge in [0, 0.05) is 20.1 Å². The van der Waals surface area contributed by atoms with Crippen LogP contribution in [0.15, 0.2) is 71.4 Å². The van der Waals surface area contributed by atoms with Gasteiger partial charge in [0.25, 0.3) is 0 Å². The highest BCUT2D eigenvalue weighted by Crippen LogP contribution is 2.28. The molecule has 2 unspecified atom stereocenters. The summed E-state index contributed by atoms with van der Waals surface area (Å²) in [6.45, 7) is 7.31. The Hall–Kier alpha value is -3.54. The summed E-state index contributed by atoms with van der Waals surface area (Å²) < 4.78 is 10.0. The minimum absolute atomic E-state index is 0.0522. The molecule has 0 bridgehead atoms. The van der Waals surface area contributed by atoms with Gasteiger partial charge in [-0.3, -0.25) is 4.98 Å². The van der Waals surface area contributed by atoms with Crippen LogP contribution in [0.1, 0.15) is 62.3 Å². The molecule has 0 aliphatic rings. The van der Waals surface area contributed by atoms with Crippen LogP contribution in [-0.4, -0.2) is 66.5 Å². The summed E-state index contributed by atoms with van der Waals surface area (Å²) in [5.74, 6) is -1.40. The zero-order chi connectivity index (χ0) is 44.5. The fourth-order valence-electron chi connectivity index (χ4n) is 4.29. The van der Waals surface area contributed by atoms with Crippen LogP contribution in [0.3, 0.4) is 0 Å². The average Bonchev–Trinajstić information content (AvgIpc) is 3.17. The fourth-order valence-corrected chi connectivity index (χ4v) is 6.58. The molecule has 318 valence electrons. The monoisotopic (exact) mass is 1020 g/mol. The Balaban J connectivity index is 0.000000270. The van der Waals surface area contributed by atoms with Gasteiger partial charge in [0.05, 0.1) is 50.1 Å². The molecule has 3 aromatic heterocycles. The molecule has 2 atom stereocenters. The number of nitrogens with zero attached hydrogens (tertiary/aromatic N) is 8. The van der Waals surface area contributed by atoms with E-state index in [0.29, 0.717) is 30.4 Å². The highest BCUT2D eigenvalue weighted by Gasteiger charge is 2.24. The minimum Gasteiger partial charge on any atom is -0.461 e. The van der Waals surface area contributed by atoms with Crippen LogP contribution in [0, 0.1) is 0 Å². The van der Waals surface area contributed by atoms with Crippen LogP contribution in [-0.2, 0) is 19.1 Å². The molecule has 5 aromatic rings. The highest BCUT2D eigenvalue weighted by atomic mass is 35.5. The summed E-state index contributed by atoms with van der Waals surface area (Å²) in [4.78, 5) is 47.6. The first-order valence-electron chi connectivity index (χ1n) is 16.9. The van der Waals surface area contributed by atoms with E-state index in [1.807, 2.05) is 13.8 Å². The highest BCUT2D eigenvalue weighted by molar-refractivity contribution is 6.47. The molecule has 0 saturated heterocycles. The second kappa shape index (κ2) is 25.4. The van der Waals surface area contributed by atoms with E-state index in [1.54, 1.807) is 50.2 Å². The van der Waals surface area contributed by atoms with Gasteiger partial charge in [0.2, 0.25) is 0 Å². The summed E-state index contributed by atoms with van der Waals surface area (Å²) in [6, 6.07) is 9.51. The number of rotatable bonds is 12. The van der Waals surface area contributed by atoms with E-state index in [2.05, 4.69) is 51.0 Å². The van der Waals surface area contributed by atoms with Gasteiger partial charge in [-0.2, -0.15) is 10.2 Å². The van der Waals surface area contributed by atoms with Crippen molar-refractivity contribution in [2.45, 2.75) is 39.8 Å². The smallest absolute Gasteiger partial charge is 0.361 e. The third kappa shape index (κ3) is 16.1. The molecule has 0 aliphatic heterocycles. The third-order valence-corrected chi connectivity index (χ3v) is 9.34. The van der Waals surface area contributed by atoms with Crippen molar-refractivity contribution < 1.29 is 19.1 Å². The topological polar surface area (TPSA) is 179 Å². The van der Waals surface area contributed by atoms with Gasteiger partial charge in [-0.1, -0.05) is 128 Å². The van der Waals surface area contributed by atoms with Crippen molar-refractivity contribution >= 4 is 139 Å². The van der Waals surface area contributed by atoms with Crippen molar-refractivity contribution in [3.8, 4) is 0 Å². The lowest BCUT2D eigenvalue weighted by Crippen LogP contribution is -2.25. The van der Waals surface area contributed by atoms with Crippen LogP contribution in [0.25, 0.3) is 0 Å². The molecule has 24 heteroatoms. The van der Waals surface area contributed by atoms with Crippen molar-refractivity contribution in [3.63, 3.8) is 0 Å². The van der Waals surface area contributed by atoms with Gasteiger partial charge in [-0.25, -0.2) is 34.5 Å². The SMILES string of the molecule is CCOC(=O)/C(=N/NC(C)c1ccc(Cl)cc1Cl)c1ncc(Cl)nc1Cl.CCOC(=O)/C(=N\NC(C)c1ccc(Cl)cc1Cl)c1ncc(Cl)nc1Cl.Clc1cncc(Cl)n1. The Morgan fingerprint density at radius 2 is 0.950 bits per heavy atom. The molecule has 0 amide bonds. The zero-order valence-electron chi connectivity index (χ0n) is 31.3. The summed E-state index contributed by atoms with van der Waals surface area (Å²) >= 11 is 58.5. The third-order valence-electron chi connectivity index (χ3n) is 6.96. The number of esters is 2. The van der Waals surface area contributed by atoms with Crippen LogP contribution in [0.2, 0.25) is 51.0 Å². The predicted octanol–water partition coefficient (Wildman–Crippen LogP) is 11.2. The van der Waals surface area contributed by atoms with Crippen molar-refractivity contribution in [1.29, 1.82) is 0 Å². The van der Waals surface area contributed by atoms with Gasteiger partial charge in [-0.05, 0) is 63.1 Å². The maximum absolute atomic E-state index is 12.2. The number of benzene rings is 2. The second-order valence-electron chi connectivity index (χ2n) is 11.2. The molecule has 0 radical (unpaired) electrons. The number of carbonyl (C=O) groups excluding carboxylic acids is 2. The number of halogens is 10. The number of ether oxygens (including phenoxy) is 2. The minimum atomic E-state index is -0.701. The van der Waals surface area contributed by atoms with Gasteiger partial charge < -0.3 is 20.3 Å². The number of hydrogen-bond donors (Lipinski definition) is 2. The van der Waals surface area contributed by atoms with E-state index < -0.39 is 11.9 Å². The molecule has 60 heavy (non-hydrogen) atoms.